The Hall–Kier alpha value is -1.81. The molecule has 2 N–H and O–H groups in total. The summed E-state index contributed by atoms with van der Waals surface area (Å²) in [5.74, 6) is 1.02. The lowest BCUT2D eigenvalue weighted by atomic mass is 10.1. The SMILES string of the molecule is Cc1cc(-c2ccc3c(c2)nc(C)n3C)c(N)s1. The molecular formula is C14H15N3S. The fourth-order valence-electron chi connectivity index (χ4n) is 2.25. The first-order valence-electron chi connectivity index (χ1n) is 5.85. The highest BCUT2D eigenvalue weighted by molar-refractivity contribution is 7.16. The largest absolute Gasteiger partial charge is 0.390 e. The maximum Gasteiger partial charge on any atom is 0.106 e. The molecule has 0 amide bonds. The minimum absolute atomic E-state index is 0.875. The van der Waals surface area contributed by atoms with E-state index in [2.05, 4.69) is 40.7 Å². The van der Waals surface area contributed by atoms with Gasteiger partial charge in [-0.3, -0.25) is 0 Å². The molecule has 0 saturated carbocycles. The average Bonchev–Trinajstić information content (AvgIpc) is 2.80. The average molecular weight is 257 g/mol. The van der Waals surface area contributed by atoms with Crippen molar-refractivity contribution in [2.45, 2.75) is 13.8 Å². The molecule has 0 spiro atoms. The first kappa shape index (κ1) is 11.3. The Bertz CT molecular complexity index is 737. The van der Waals surface area contributed by atoms with Gasteiger partial charge in [-0.2, -0.15) is 0 Å². The van der Waals surface area contributed by atoms with Gasteiger partial charge >= 0.3 is 0 Å². The normalized spacial score (nSPS) is 11.3. The summed E-state index contributed by atoms with van der Waals surface area (Å²) in [6.45, 7) is 4.09. The number of hydrogen-bond donors (Lipinski definition) is 1. The third-order valence-corrected chi connectivity index (χ3v) is 4.18. The molecule has 0 bridgehead atoms. The highest BCUT2D eigenvalue weighted by atomic mass is 32.1. The van der Waals surface area contributed by atoms with Gasteiger partial charge in [-0.05, 0) is 37.6 Å². The van der Waals surface area contributed by atoms with Gasteiger partial charge < -0.3 is 10.3 Å². The third-order valence-electron chi connectivity index (χ3n) is 3.30. The third kappa shape index (κ3) is 1.61. The number of benzene rings is 1. The van der Waals surface area contributed by atoms with E-state index in [1.165, 1.54) is 4.88 Å². The van der Waals surface area contributed by atoms with Crippen LogP contribution >= 0.6 is 11.3 Å². The van der Waals surface area contributed by atoms with E-state index in [1.807, 2.05) is 14.0 Å². The molecule has 18 heavy (non-hydrogen) atoms. The monoisotopic (exact) mass is 257 g/mol. The van der Waals surface area contributed by atoms with Gasteiger partial charge in [0.05, 0.1) is 16.0 Å². The minimum Gasteiger partial charge on any atom is -0.390 e. The molecule has 1 aromatic carbocycles. The zero-order chi connectivity index (χ0) is 12.9. The number of aryl methyl sites for hydroxylation is 3. The van der Waals surface area contributed by atoms with Crippen LogP contribution in [0.1, 0.15) is 10.7 Å². The predicted molar refractivity (Wildman–Crippen MR) is 77.9 cm³/mol. The Balaban J connectivity index is 2.22. The van der Waals surface area contributed by atoms with Gasteiger partial charge in [-0.25, -0.2) is 4.98 Å². The fourth-order valence-corrected chi connectivity index (χ4v) is 3.06. The van der Waals surface area contributed by atoms with Crippen molar-refractivity contribution in [3.8, 4) is 11.1 Å². The highest BCUT2D eigenvalue weighted by Gasteiger charge is 2.09. The van der Waals surface area contributed by atoms with Crippen molar-refractivity contribution >= 4 is 27.4 Å². The molecular weight excluding hydrogens is 242 g/mol. The molecule has 0 unspecified atom stereocenters. The lowest BCUT2D eigenvalue weighted by molar-refractivity contribution is 0.886. The molecule has 0 atom stereocenters. The molecule has 3 rings (SSSR count). The van der Waals surface area contributed by atoms with Crippen molar-refractivity contribution in [1.29, 1.82) is 0 Å². The molecule has 4 heteroatoms. The van der Waals surface area contributed by atoms with E-state index in [0.717, 1.165) is 33.0 Å². The van der Waals surface area contributed by atoms with Crippen LogP contribution in [0.25, 0.3) is 22.2 Å². The van der Waals surface area contributed by atoms with E-state index in [9.17, 15) is 0 Å². The summed E-state index contributed by atoms with van der Waals surface area (Å²) in [4.78, 5) is 5.80. The van der Waals surface area contributed by atoms with Crippen LogP contribution in [0, 0.1) is 13.8 Å². The summed E-state index contributed by atoms with van der Waals surface area (Å²) < 4.78 is 2.10. The van der Waals surface area contributed by atoms with Crippen LogP contribution in [0.5, 0.6) is 0 Å². The van der Waals surface area contributed by atoms with Crippen LogP contribution in [0.15, 0.2) is 24.3 Å². The standard InChI is InChI=1S/C14H15N3S/c1-8-6-11(14(15)18-8)10-4-5-13-12(7-10)16-9(2)17(13)3/h4-7H,15H2,1-3H3. The number of fused-ring (bicyclic) bond motifs is 1. The van der Waals surface area contributed by atoms with Gasteiger partial charge in [0.15, 0.2) is 0 Å². The maximum absolute atomic E-state index is 6.05. The Morgan fingerprint density at radius 3 is 2.67 bits per heavy atom. The molecule has 92 valence electrons. The lowest BCUT2D eigenvalue weighted by Crippen LogP contribution is -1.89. The summed E-state index contributed by atoms with van der Waals surface area (Å²) in [5, 5.41) is 0.875. The molecule has 0 aliphatic rings. The lowest BCUT2D eigenvalue weighted by Gasteiger charge is -2.01. The van der Waals surface area contributed by atoms with Crippen molar-refractivity contribution in [2.24, 2.45) is 7.05 Å². The van der Waals surface area contributed by atoms with Crippen molar-refractivity contribution in [2.75, 3.05) is 5.73 Å². The first-order chi connectivity index (χ1) is 8.56. The van der Waals surface area contributed by atoms with Gasteiger partial charge in [-0.15, -0.1) is 11.3 Å². The summed E-state index contributed by atoms with van der Waals surface area (Å²) in [6, 6.07) is 8.47. The van der Waals surface area contributed by atoms with Crippen molar-refractivity contribution in [3.05, 3.63) is 35.0 Å². The number of nitrogen functional groups attached to an aromatic ring is 1. The van der Waals surface area contributed by atoms with Crippen molar-refractivity contribution in [1.82, 2.24) is 9.55 Å². The molecule has 0 saturated heterocycles. The number of thiophene rings is 1. The second kappa shape index (κ2) is 3.85. The number of nitrogens with two attached hydrogens (primary N) is 1. The number of nitrogens with zero attached hydrogens (tertiary/aromatic N) is 2. The van der Waals surface area contributed by atoms with E-state index >= 15 is 0 Å². The Labute approximate surface area is 110 Å². The van der Waals surface area contributed by atoms with E-state index < -0.39 is 0 Å². The number of rotatable bonds is 1. The minimum atomic E-state index is 0.875. The van der Waals surface area contributed by atoms with Crippen LogP contribution in [0.3, 0.4) is 0 Å². The van der Waals surface area contributed by atoms with E-state index in [4.69, 9.17) is 5.73 Å². The van der Waals surface area contributed by atoms with Gasteiger partial charge in [0.25, 0.3) is 0 Å². The molecule has 0 fully saturated rings. The van der Waals surface area contributed by atoms with Gasteiger partial charge in [0.2, 0.25) is 0 Å². The highest BCUT2D eigenvalue weighted by Crippen LogP contribution is 2.34. The zero-order valence-corrected chi connectivity index (χ0v) is 11.5. The van der Waals surface area contributed by atoms with Crippen LogP contribution in [0.4, 0.5) is 5.00 Å². The number of imidazole rings is 1. The van der Waals surface area contributed by atoms with Crippen LogP contribution in [-0.2, 0) is 7.05 Å². The van der Waals surface area contributed by atoms with Crippen molar-refractivity contribution in [3.63, 3.8) is 0 Å². The predicted octanol–water partition coefficient (Wildman–Crippen LogP) is 3.50. The molecule has 2 aromatic heterocycles. The van der Waals surface area contributed by atoms with Crippen molar-refractivity contribution < 1.29 is 0 Å². The Kier molecular flexibility index (Phi) is 2.41. The zero-order valence-electron chi connectivity index (χ0n) is 10.7. The number of aromatic nitrogens is 2. The maximum atomic E-state index is 6.05. The van der Waals surface area contributed by atoms with Crippen LogP contribution < -0.4 is 5.73 Å². The van der Waals surface area contributed by atoms with Gasteiger partial charge in [0.1, 0.15) is 5.82 Å². The molecule has 2 heterocycles. The molecule has 0 radical (unpaired) electrons. The second-order valence-electron chi connectivity index (χ2n) is 4.56. The quantitative estimate of drug-likeness (QED) is 0.725. The van der Waals surface area contributed by atoms with E-state index in [-0.39, 0.29) is 0 Å². The smallest absolute Gasteiger partial charge is 0.106 e. The summed E-state index contributed by atoms with van der Waals surface area (Å²) in [7, 11) is 2.04. The van der Waals surface area contributed by atoms with Gasteiger partial charge in [0, 0.05) is 17.5 Å². The Morgan fingerprint density at radius 1 is 1.22 bits per heavy atom. The molecule has 0 aliphatic heterocycles. The molecule has 0 aliphatic carbocycles. The summed E-state index contributed by atoms with van der Waals surface area (Å²) in [5.41, 5.74) is 10.5. The van der Waals surface area contributed by atoms with Crippen LogP contribution in [-0.4, -0.2) is 9.55 Å². The van der Waals surface area contributed by atoms with Gasteiger partial charge in [-0.1, -0.05) is 6.07 Å². The Morgan fingerprint density at radius 2 is 2.00 bits per heavy atom. The summed E-state index contributed by atoms with van der Waals surface area (Å²) in [6.07, 6.45) is 0. The first-order valence-corrected chi connectivity index (χ1v) is 6.67. The number of anilines is 1. The van der Waals surface area contributed by atoms with E-state index in [0.29, 0.717) is 0 Å². The fraction of sp³-hybridized carbons (Fsp3) is 0.214. The molecule has 3 nitrogen and oxygen atoms in total. The number of hydrogen-bond acceptors (Lipinski definition) is 3. The van der Waals surface area contributed by atoms with Crippen LogP contribution in [0.2, 0.25) is 0 Å². The van der Waals surface area contributed by atoms with E-state index in [1.54, 1.807) is 11.3 Å². The summed E-state index contributed by atoms with van der Waals surface area (Å²) >= 11 is 1.63. The topological polar surface area (TPSA) is 43.8 Å². The second-order valence-corrected chi connectivity index (χ2v) is 5.84. The molecule has 3 aromatic rings.